The molecule has 3 unspecified atom stereocenters. The van der Waals surface area contributed by atoms with Crippen LogP contribution in [0.15, 0.2) is 88.9 Å². The fraction of sp³-hybridized carbons (Fsp3) is 0.461. The lowest BCUT2D eigenvalue weighted by molar-refractivity contribution is -0.127. The van der Waals surface area contributed by atoms with E-state index < -0.39 is 23.6 Å². The van der Waals surface area contributed by atoms with Gasteiger partial charge in [0.1, 0.15) is 43.6 Å². The number of ether oxygens (including phenoxy) is 2. The van der Waals surface area contributed by atoms with E-state index >= 15 is 0 Å². The Hall–Kier alpha value is -10.2. The molecule has 2 bridgehead atoms. The number of aryl methyl sites for hydroxylation is 6. The van der Waals surface area contributed by atoms with Crippen LogP contribution in [0.25, 0.3) is 32.3 Å². The minimum absolute atomic E-state index is 0.0378. The second-order valence-corrected chi connectivity index (χ2v) is 29.1. The van der Waals surface area contributed by atoms with Crippen molar-refractivity contribution in [2.45, 2.75) is 137 Å². The summed E-state index contributed by atoms with van der Waals surface area (Å²) >= 11 is 1.36. The number of nitrogens with zero attached hydrogens (tertiary/aromatic N) is 12. The van der Waals surface area contributed by atoms with Gasteiger partial charge in [-0.2, -0.15) is 20.2 Å². The molecule has 1 saturated carbocycles. The van der Waals surface area contributed by atoms with Crippen LogP contribution in [-0.4, -0.2) is 168 Å². The van der Waals surface area contributed by atoms with Crippen molar-refractivity contribution in [3.8, 4) is 11.5 Å². The Morgan fingerprint density at radius 2 is 1.25 bits per heavy atom. The number of pyridine rings is 1. The van der Waals surface area contributed by atoms with Gasteiger partial charge in [-0.15, -0.1) is 11.3 Å². The second kappa shape index (κ2) is 31.8. The van der Waals surface area contributed by atoms with Gasteiger partial charge in [0.15, 0.2) is 0 Å². The summed E-state index contributed by atoms with van der Waals surface area (Å²) in [6, 6.07) is 20.5. The zero-order valence-electron chi connectivity index (χ0n) is 60.3. The van der Waals surface area contributed by atoms with E-state index in [1.807, 2.05) is 56.5 Å². The largest absolute Gasteiger partial charge is 0.494 e. The molecule has 6 amide bonds. The Morgan fingerprint density at radius 1 is 0.673 bits per heavy atom. The van der Waals surface area contributed by atoms with Crippen LogP contribution in [0, 0.1) is 38.5 Å². The lowest BCUT2D eigenvalue weighted by atomic mass is 9.83. The van der Waals surface area contributed by atoms with Gasteiger partial charge in [0.25, 0.3) is 17.7 Å². The summed E-state index contributed by atoms with van der Waals surface area (Å²) in [5.41, 5.74) is 28.1. The molecular formula is C76H95N19O8S. The number of aromatic amines is 2. The lowest BCUT2D eigenvalue weighted by Crippen LogP contribution is -2.48. The number of rotatable bonds is 28. The highest BCUT2D eigenvalue weighted by molar-refractivity contribution is 7.21. The van der Waals surface area contributed by atoms with Crippen molar-refractivity contribution >= 4 is 90.4 Å². The summed E-state index contributed by atoms with van der Waals surface area (Å²) in [4.78, 5) is 109. The van der Waals surface area contributed by atoms with E-state index in [9.17, 15) is 28.8 Å². The summed E-state index contributed by atoms with van der Waals surface area (Å²) in [5, 5.41) is 16.4. The molecule has 3 atom stereocenters. The van der Waals surface area contributed by atoms with Gasteiger partial charge in [-0.05, 0) is 176 Å². The standard InChI is InChI=1S/C76H95N19O8S/c1-7-94-59(35-46(4)87-94)70(98)85-75-83-57-39-52(68(78)96)41-61(102-6)65(57)92(75)28-14-15-29-93-66-58(84-76(93)86-71(99)60-36-47(5)88-95(60)8-2)40-53(69(79)97)42-62(66)103-34-16-27-90-32-30-89(31-33-90)26-13-11-9-10-12-25-80-72(100)63-50-18-19-51(63)44-91(43-50)55-23-21-48-37-54(22-20-49(48)38-55)82-73(101)67-64(77)56-24-17-45(3)81-74(56)104-67/h14-15,17,21,23-24,35-36,38-42,50-51,54,63H,7-13,16,18-20,22,25-34,37,43-44,77H2,1-6H3,(H2,78,96)(H2,79,97)(H,80,100)(H,82,101)(H,83,85,98)(H,84,86,99)/b15-14+. The van der Waals surface area contributed by atoms with Crippen molar-refractivity contribution in [3.63, 3.8) is 0 Å². The molecular weight excluding hydrogens is 1340 g/mol. The van der Waals surface area contributed by atoms with Crippen LogP contribution in [-0.2, 0) is 43.8 Å². The van der Waals surface area contributed by atoms with Crippen LogP contribution in [0.4, 0.5) is 11.4 Å². The van der Waals surface area contributed by atoms with Crippen LogP contribution in [0.2, 0.25) is 0 Å². The quantitative estimate of drug-likeness (QED) is 0.0183. The van der Waals surface area contributed by atoms with E-state index in [-0.39, 0.29) is 59.2 Å². The predicted molar refractivity (Wildman–Crippen MR) is 400 cm³/mol. The van der Waals surface area contributed by atoms with Crippen LogP contribution in [0.5, 0.6) is 11.5 Å². The number of benzene rings is 3. The predicted octanol–water partition coefficient (Wildman–Crippen LogP) is 7.65. The van der Waals surface area contributed by atoms with Crippen LogP contribution in [0.1, 0.15) is 151 Å². The monoisotopic (exact) mass is 1430 g/mol. The number of fused-ring (bicyclic) bond motifs is 6. The fourth-order valence-electron chi connectivity index (χ4n) is 15.7. The number of thiophene rings is 1. The molecule has 6 aromatic heterocycles. The summed E-state index contributed by atoms with van der Waals surface area (Å²) < 4.78 is 19.1. The van der Waals surface area contributed by atoms with E-state index in [4.69, 9.17) is 26.7 Å². The number of hydrogen-bond donors (Lipinski definition) is 7. The van der Waals surface area contributed by atoms with Gasteiger partial charge < -0.3 is 71.1 Å². The number of hydrogen-bond acceptors (Lipinski definition) is 16. The Kier molecular flexibility index (Phi) is 22.1. The van der Waals surface area contributed by atoms with Gasteiger partial charge in [0.05, 0.1) is 41.8 Å². The third-order valence-corrected chi connectivity index (χ3v) is 22.1. The molecule has 9 aromatic rings. The maximum Gasteiger partial charge on any atom is 0.298 e. The molecule has 3 fully saturated rings. The smallest absolute Gasteiger partial charge is 0.298 e. The number of carbonyl (C=O) groups excluding carboxylic acids is 6. The summed E-state index contributed by atoms with van der Waals surface area (Å²) in [7, 11) is 1.48. The first-order chi connectivity index (χ1) is 50.3. The fourth-order valence-corrected chi connectivity index (χ4v) is 16.7. The Morgan fingerprint density at radius 3 is 1.85 bits per heavy atom. The van der Waals surface area contributed by atoms with Gasteiger partial charge >= 0.3 is 0 Å². The summed E-state index contributed by atoms with van der Waals surface area (Å²) in [6.45, 7) is 19.1. The number of anilines is 2. The van der Waals surface area contributed by atoms with Crippen LogP contribution >= 0.6 is 11.3 Å². The van der Waals surface area contributed by atoms with E-state index in [0.29, 0.717) is 105 Å². The molecule has 28 heteroatoms. The lowest BCUT2D eigenvalue weighted by Gasteiger charge is -2.39. The van der Waals surface area contributed by atoms with Crippen molar-refractivity contribution in [2.75, 3.05) is 83.3 Å². The number of piperidine rings is 1. The number of imidazole rings is 2. The molecule has 2 aliphatic carbocycles. The zero-order chi connectivity index (χ0) is 72.9. The molecule has 27 nitrogen and oxygen atoms in total. The van der Waals surface area contributed by atoms with Gasteiger partial charge in [-0.25, -0.2) is 4.98 Å². The van der Waals surface area contributed by atoms with Crippen molar-refractivity contribution < 1.29 is 38.2 Å². The number of piperazine rings is 1. The molecule has 2 aliphatic heterocycles. The maximum absolute atomic E-state index is 14.1. The molecule has 0 radical (unpaired) electrons. The third-order valence-electron chi connectivity index (χ3n) is 21.0. The number of H-pyrrole nitrogens is 2. The molecule has 4 aliphatic rings. The molecule has 0 spiro atoms. The third kappa shape index (κ3) is 15.8. The van der Waals surface area contributed by atoms with E-state index in [0.717, 1.165) is 139 Å². The van der Waals surface area contributed by atoms with Crippen molar-refractivity contribution in [1.82, 2.24) is 64.1 Å². The first kappa shape index (κ1) is 72.2. The summed E-state index contributed by atoms with van der Waals surface area (Å²) in [6.07, 6.45) is 14.7. The number of aromatic nitrogens is 9. The topological polar surface area (TPSA) is 347 Å². The van der Waals surface area contributed by atoms with E-state index in [1.54, 1.807) is 51.2 Å². The Labute approximate surface area is 606 Å². The van der Waals surface area contributed by atoms with Crippen molar-refractivity contribution in [1.29, 1.82) is 0 Å². The Bertz CT molecular complexity index is 4910. The molecule has 13 rings (SSSR count). The average molecular weight is 1430 g/mol. The highest BCUT2D eigenvalue weighted by Gasteiger charge is 2.46. The van der Waals surface area contributed by atoms with Gasteiger partial charge in [-0.1, -0.05) is 37.5 Å². The molecule has 10 N–H and O–H groups in total. The minimum atomic E-state index is -0.662. The second-order valence-electron chi connectivity index (χ2n) is 28.1. The SMILES string of the molecule is CCn1nc(C)cc1C(=O)/N=c1/[nH]c2cc(C(N)=O)cc(OC)c2n1C/C=C/Cn1/c(=N\C(=O)c2cc(C)nn2CC)[nH]c2cc(C(N)=O)cc(OCCCN3CCN(CCCCCCCNC(=O)C4C5CCC4CN(c4ccc6c(c4)CCC(NC(=O)c4sc7nc(C)ccc7c4N)C6)C5)CC3)c21. The number of amides is 6. The number of nitrogen functional groups attached to an aromatic ring is 1. The highest BCUT2D eigenvalue weighted by Crippen LogP contribution is 2.44. The van der Waals surface area contributed by atoms with Gasteiger partial charge in [0.2, 0.25) is 29.0 Å². The Balaban J connectivity index is 0.570. The number of carbonyl (C=O) groups is 6. The number of nitrogens with two attached hydrogens (primary N) is 3. The average Bonchev–Trinajstić information content (AvgIpc) is 1.62. The number of unbranched alkanes of at least 4 members (excludes halogenated alkanes) is 4. The minimum Gasteiger partial charge on any atom is -0.494 e. The van der Waals surface area contributed by atoms with E-state index in [2.05, 4.69) is 78.7 Å². The first-order valence-corrected chi connectivity index (χ1v) is 37.4. The van der Waals surface area contributed by atoms with Crippen molar-refractivity contribution in [3.05, 3.63) is 146 Å². The molecule has 2 saturated heterocycles. The number of primary amides is 2. The molecule has 548 valence electrons. The summed E-state index contributed by atoms with van der Waals surface area (Å²) in [5.74, 6) is -0.777. The van der Waals surface area contributed by atoms with Gasteiger partial charge in [0, 0.05) is 118 Å². The zero-order valence-corrected chi connectivity index (χ0v) is 61.1. The van der Waals surface area contributed by atoms with Crippen LogP contribution in [0.3, 0.4) is 0 Å². The van der Waals surface area contributed by atoms with Crippen LogP contribution < -0.4 is 53.4 Å². The first-order valence-electron chi connectivity index (χ1n) is 36.6. The molecule has 3 aromatic carbocycles. The number of allylic oxidation sites excluding steroid dienone is 2. The number of nitrogens with one attached hydrogen (secondary N) is 4. The molecule has 8 heterocycles. The maximum atomic E-state index is 14.1. The van der Waals surface area contributed by atoms with E-state index in [1.165, 1.54) is 41.3 Å². The normalized spacial score (nSPS) is 18.2. The van der Waals surface area contributed by atoms with Crippen molar-refractivity contribution in [2.24, 2.45) is 39.2 Å². The number of methoxy groups -OCH3 is 1. The van der Waals surface area contributed by atoms with Gasteiger partial charge in [-0.3, -0.25) is 38.1 Å². The highest BCUT2D eigenvalue weighted by atomic mass is 32.1. The molecule has 104 heavy (non-hydrogen) atoms.